The largest absolute Gasteiger partial charge is 0.351 e. The molecular weight excluding hydrogens is 364 g/mol. The Morgan fingerprint density at radius 1 is 1.17 bits per heavy atom. The molecule has 0 saturated heterocycles. The predicted molar refractivity (Wildman–Crippen MR) is 113 cm³/mol. The predicted octanol–water partition coefficient (Wildman–Crippen LogP) is 2.79. The summed E-state index contributed by atoms with van der Waals surface area (Å²) < 4.78 is 3.96. The van der Waals surface area contributed by atoms with Crippen LogP contribution in [0.5, 0.6) is 0 Å². The van der Waals surface area contributed by atoms with Gasteiger partial charge in [-0.1, -0.05) is 12.1 Å². The number of nitrogens with one attached hydrogen (secondary N) is 1. The van der Waals surface area contributed by atoms with Crippen LogP contribution in [-0.2, 0) is 0 Å². The first kappa shape index (κ1) is 18.9. The number of likely N-dealkylation sites (N-methyl/N-ethyl adjacent to an activating group) is 1. The van der Waals surface area contributed by atoms with Crippen LogP contribution in [0.2, 0.25) is 0 Å². The molecule has 29 heavy (non-hydrogen) atoms. The Kier molecular flexibility index (Phi) is 5.14. The van der Waals surface area contributed by atoms with Gasteiger partial charge in [-0.05, 0) is 51.4 Å². The normalized spacial score (nSPS) is 11.3. The fourth-order valence-corrected chi connectivity index (χ4v) is 3.34. The monoisotopic (exact) mass is 388 g/mol. The third-order valence-electron chi connectivity index (χ3n) is 4.81. The number of hydrogen-bond acceptors (Lipinski definition) is 4. The lowest BCUT2D eigenvalue weighted by Crippen LogP contribution is -2.31. The van der Waals surface area contributed by atoms with E-state index in [1.807, 2.05) is 89.7 Å². The Morgan fingerprint density at radius 3 is 2.76 bits per heavy atom. The molecule has 0 atom stereocenters. The van der Waals surface area contributed by atoms with Crippen molar-refractivity contribution in [1.82, 2.24) is 29.2 Å². The van der Waals surface area contributed by atoms with Crippen molar-refractivity contribution in [2.75, 3.05) is 27.2 Å². The first-order valence-electron chi connectivity index (χ1n) is 9.55. The molecule has 4 rings (SSSR count). The van der Waals surface area contributed by atoms with Crippen LogP contribution < -0.4 is 5.32 Å². The molecule has 0 aromatic carbocycles. The highest BCUT2D eigenvalue weighted by molar-refractivity contribution is 6.02. The molecule has 4 aromatic heterocycles. The number of fused-ring (bicyclic) bond motifs is 1. The van der Waals surface area contributed by atoms with E-state index in [1.54, 1.807) is 6.20 Å². The van der Waals surface area contributed by atoms with Gasteiger partial charge in [-0.3, -0.25) is 9.36 Å². The van der Waals surface area contributed by atoms with Crippen molar-refractivity contribution in [3.05, 3.63) is 72.4 Å². The molecule has 0 aliphatic carbocycles. The van der Waals surface area contributed by atoms with Gasteiger partial charge in [0.25, 0.3) is 5.91 Å². The summed E-state index contributed by atoms with van der Waals surface area (Å²) in [5.41, 5.74) is 3.16. The van der Waals surface area contributed by atoms with Crippen molar-refractivity contribution in [2.45, 2.75) is 6.92 Å². The number of aryl methyl sites for hydroxylation is 1. The Morgan fingerprint density at radius 2 is 2.00 bits per heavy atom. The standard InChI is InChI=1S/C22H24N6O/c1-16-25-18(15-28(16)21-9-4-6-10-23-21)20-14-17(19-8-5-7-12-27(19)20)22(29)24-11-13-26(2)3/h4-10,12,14-15H,11,13H2,1-3H3,(H,24,29). The van der Waals surface area contributed by atoms with Gasteiger partial charge in [-0.25, -0.2) is 9.97 Å². The number of nitrogens with zero attached hydrogens (tertiary/aromatic N) is 5. The summed E-state index contributed by atoms with van der Waals surface area (Å²) in [7, 11) is 3.97. The molecule has 0 unspecified atom stereocenters. The molecule has 0 fully saturated rings. The Bertz CT molecular complexity index is 1140. The Balaban J connectivity index is 1.73. The zero-order chi connectivity index (χ0) is 20.4. The van der Waals surface area contributed by atoms with Crippen LogP contribution in [0.1, 0.15) is 16.2 Å². The number of pyridine rings is 2. The molecule has 0 radical (unpaired) electrons. The van der Waals surface area contributed by atoms with E-state index in [0.717, 1.165) is 35.1 Å². The molecule has 0 spiro atoms. The highest BCUT2D eigenvalue weighted by Crippen LogP contribution is 2.26. The maximum absolute atomic E-state index is 12.8. The summed E-state index contributed by atoms with van der Waals surface area (Å²) in [5, 5.41) is 3.00. The zero-order valence-electron chi connectivity index (χ0n) is 16.8. The van der Waals surface area contributed by atoms with Gasteiger partial charge in [0, 0.05) is 31.7 Å². The highest BCUT2D eigenvalue weighted by atomic mass is 16.1. The van der Waals surface area contributed by atoms with Crippen LogP contribution in [0.15, 0.2) is 61.1 Å². The van der Waals surface area contributed by atoms with Crippen LogP contribution in [-0.4, -0.2) is 56.9 Å². The lowest BCUT2D eigenvalue weighted by molar-refractivity contribution is 0.0953. The Hall–Kier alpha value is -3.45. The van der Waals surface area contributed by atoms with E-state index >= 15 is 0 Å². The number of carbonyl (C=O) groups is 1. The van der Waals surface area contributed by atoms with Gasteiger partial charge in [0.15, 0.2) is 0 Å². The van der Waals surface area contributed by atoms with Crippen molar-refractivity contribution in [3.8, 4) is 17.2 Å². The molecule has 4 aromatic rings. The summed E-state index contributed by atoms with van der Waals surface area (Å²) in [6.45, 7) is 3.33. The molecule has 7 nitrogen and oxygen atoms in total. The summed E-state index contributed by atoms with van der Waals surface area (Å²) in [5.74, 6) is 1.57. The van der Waals surface area contributed by atoms with E-state index in [9.17, 15) is 4.79 Å². The molecule has 7 heteroatoms. The van der Waals surface area contributed by atoms with Crippen LogP contribution in [0.25, 0.3) is 22.7 Å². The van der Waals surface area contributed by atoms with Gasteiger partial charge in [-0.15, -0.1) is 0 Å². The van der Waals surface area contributed by atoms with E-state index in [4.69, 9.17) is 4.98 Å². The van der Waals surface area contributed by atoms with Crippen molar-refractivity contribution in [2.24, 2.45) is 0 Å². The molecule has 4 heterocycles. The fraction of sp³-hybridized carbons (Fsp3) is 0.227. The first-order valence-corrected chi connectivity index (χ1v) is 9.55. The third kappa shape index (κ3) is 3.77. The van der Waals surface area contributed by atoms with Gasteiger partial charge in [0.2, 0.25) is 0 Å². The summed E-state index contributed by atoms with van der Waals surface area (Å²) in [4.78, 5) is 24.0. The maximum atomic E-state index is 12.8. The fourth-order valence-electron chi connectivity index (χ4n) is 3.34. The number of amides is 1. The molecule has 0 aliphatic rings. The lowest BCUT2D eigenvalue weighted by atomic mass is 10.2. The second kappa shape index (κ2) is 7.89. The smallest absolute Gasteiger partial charge is 0.253 e. The first-order chi connectivity index (χ1) is 14.0. The Labute approximate surface area is 169 Å². The van der Waals surface area contributed by atoms with Gasteiger partial charge >= 0.3 is 0 Å². The molecule has 148 valence electrons. The van der Waals surface area contributed by atoms with Crippen molar-refractivity contribution in [3.63, 3.8) is 0 Å². The van der Waals surface area contributed by atoms with Gasteiger partial charge < -0.3 is 14.6 Å². The van der Waals surface area contributed by atoms with E-state index in [-0.39, 0.29) is 5.91 Å². The minimum absolute atomic E-state index is 0.0809. The molecule has 0 aliphatic heterocycles. The molecule has 1 amide bonds. The van der Waals surface area contributed by atoms with E-state index < -0.39 is 0 Å². The van der Waals surface area contributed by atoms with E-state index in [2.05, 4.69) is 10.3 Å². The third-order valence-corrected chi connectivity index (χ3v) is 4.81. The molecule has 0 saturated carbocycles. The number of rotatable bonds is 6. The van der Waals surface area contributed by atoms with Gasteiger partial charge in [-0.2, -0.15) is 0 Å². The van der Waals surface area contributed by atoms with Gasteiger partial charge in [0.1, 0.15) is 17.3 Å². The van der Waals surface area contributed by atoms with Crippen LogP contribution in [0.3, 0.4) is 0 Å². The SMILES string of the molecule is Cc1nc(-c2cc(C(=O)NCCN(C)C)c3ccccn23)cn1-c1ccccn1. The van der Waals surface area contributed by atoms with Gasteiger partial charge in [0.05, 0.1) is 16.8 Å². The molecule has 1 N–H and O–H groups in total. The summed E-state index contributed by atoms with van der Waals surface area (Å²) in [6.07, 6.45) is 5.67. The minimum Gasteiger partial charge on any atom is -0.351 e. The average molecular weight is 388 g/mol. The maximum Gasteiger partial charge on any atom is 0.253 e. The summed E-state index contributed by atoms with van der Waals surface area (Å²) in [6, 6.07) is 13.5. The number of hydrogen-bond donors (Lipinski definition) is 1. The topological polar surface area (TPSA) is 67.5 Å². The van der Waals surface area contributed by atoms with E-state index in [0.29, 0.717) is 12.1 Å². The summed E-state index contributed by atoms with van der Waals surface area (Å²) >= 11 is 0. The molecule has 0 bridgehead atoms. The quantitative estimate of drug-likeness (QED) is 0.552. The highest BCUT2D eigenvalue weighted by Gasteiger charge is 2.18. The number of imidazole rings is 1. The van der Waals surface area contributed by atoms with Crippen molar-refractivity contribution < 1.29 is 4.79 Å². The van der Waals surface area contributed by atoms with Crippen molar-refractivity contribution in [1.29, 1.82) is 0 Å². The van der Waals surface area contributed by atoms with Crippen LogP contribution in [0, 0.1) is 6.92 Å². The van der Waals surface area contributed by atoms with Crippen LogP contribution >= 0.6 is 0 Å². The average Bonchev–Trinajstić information content (AvgIpc) is 3.29. The number of carbonyl (C=O) groups excluding carboxylic acids is 1. The second-order valence-corrected chi connectivity index (χ2v) is 7.19. The zero-order valence-corrected chi connectivity index (χ0v) is 16.8. The van der Waals surface area contributed by atoms with Crippen LogP contribution in [0.4, 0.5) is 0 Å². The minimum atomic E-state index is -0.0809. The lowest BCUT2D eigenvalue weighted by Gasteiger charge is -2.10. The van der Waals surface area contributed by atoms with E-state index in [1.165, 1.54) is 0 Å². The molecular formula is C22H24N6O. The number of aromatic nitrogens is 4. The van der Waals surface area contributed by atoms with Crippen molar-refractivity contribution >= 4 is 11.4 Å². The second-order valence-electron chi connectivity index (χ2n) is 7.19.